The fraction of sp³-hybridized carbons (Fsp3) is 0.400. The molecule has 45 heavy (non-hydrogen) atoms. The zero-order valence-electron chi connectivity index (χ0n) is 24.1. The van der Waals surface area contributed by atoms with Gasteiger partial charge in [0.15, 0.2) is 15.9 Å². The van der Waals surface area contributed by atoms with Gasteiger partial charge >= 0.3 is 12.1 Å². The van der Waals surface area contributed by atoms with Crippen molar-refractivity contribution < 1.29 is 41.1 Å². The van der Waals surface area contributed by atoms with Crippen molar-refractivity contribution in [2.45, 2.75) is 74.1 Å². The van der Waals surface area contributed by atoms with Crippen LogP contribution in [0.2, 0.25) is 5.02 Å². The van der Waals surface area contributed by atoms with Crippen LogP contribution in [0.1, 0.15) is 82.0 Å². The SMILES string of the molecule is CC(c1ccc(S(=O)(=O)C2CC2)cc1)N1C[C@@H](C(=O)O)n2nc3c(c2C1=O)CN(C(=O)c1ccc(Cl)c(C(F)(F)F)c1)[C@H](C)C3. The average Bonchev–Trinajstić information content (AvgIpc) is 3.78. The lowest BCUT2D eigenvalue weighted by Crippen LogP contribution is -2.47. The van der Waals surface area contributed by atoms with Crippen molar-refractivity contribution in [3.8, 4) is 0 Å². The Morgan fingerprint density at radius 3 is 2.38 bits per heavy atom. The molecule has 0 bridgehead atoms. The topological polar surface area (TPSA) is 130 Å². The number of nitrogens with zero attached hydrogens (tertiary/aromatic N) is 4. The third-order valence-electron chi connectivity index (χ3n) is 8.76. The number of carboxylic acids is 1. The van der Waals surface area contributed by atoms with E-state index in [2.05, 4.69) is 5.10 Å². The van der Waals surface area contributed by atoms with Crippen molar-refractivity contribution >= 4 is 39.2 Å². The van der Waals surface area contributed by atoms with Crippen LogP contribution in [0.4, 0.5) is 13.2 Å². The number of carbonyl (C=O) groups is 3. The number of aromatic nitrogens is 2. The van der Waals surface area contributed by atoms with E-state index in [1.54, 1.807) is 26.0 Å². The minimum absolute atomic E-state index is 0.0137. The fourth-order valence-corrected chi connectivity index (χ4v) is 7.90. The molecular weight excluding hydrogens is 637 g/mol. The lowest BCUT2D eigenvalue weighted by molar-refractivity contribution is -0.142. The number of rotatable bonds is 6. The molecule has 0 saturated heterocycles. The molecule has 1 saturated carbocycles. The van der Waals surface area contributed by atoms with E-state index in [1.165, 1.54) is 28.0 Å². The molecule has 1 aliphatic carbocycles. The molecule has 0 radical (unpaired) electrons. The Labute approximate surface area is 261 Å². The van der Waals surface area contributed by atoms with Gasteiger partial charge in [-0.2, -0.15) is 18.3 Å². The van der Waals surface area contributed by atoms with Gasteiger partial charge in [0.25, 0.3) is 11.8 Å². The predicted molar refractivity (Wildman–Crippen MR) is 154 cm³/mol. The second-order valence-corrected chi connectivity index (χ2v) is 14.3. The molecule has 3 aromatic rings. The summed E-state index contributed by atoms with van der Waals surface area (Å²) >= 11 is 5.74. The molecule has 3 aliphatic rings. The third-order valence-corrected chi connectivity index (χ3v) is 11.4. The van der Waals surface area contributed by atoms with E-state index in [0.29, 0.717) is 35.7 Å². The van der Waals surface area contributed by atoms with Crippen LogP contribution in [0.15, 0.2) is 47.4 Å². The first kappa shape index (κ1) is 31.1. The number of carbonyl (C=O) groups excluding carboxylic acids is 2. The van der Waals surface area contributed by atoms with E-state index in [9.17, 15) is 41.1 Å². The molecular formula is C30H28ClF3N4O6S. The second-order valence-electron chi connectivity index (χ2n) is 11.7. The molecule has 1 N–H and O–H groups in total. The van der Waals surface area contributed by atoms with Crippen LogP contribution in [0, 0.1) is 0 Å². The maximum atomic E-state index is 14.0. The maximum Gasteiger partial charge on any atom is 0.417 e. The first-order chi connectivity index (χ1) is 21.1. The number of halogens is 4. The lowest BCUT2D eigenvalue weighted by Gasteiger charge is -2.37. The number of hydrogen-bond donors (Lipinski definition) is 1. The van der Waals surface area contributed by atoms with Gasteiger partial charge in [-0.1, -0.05) is 23.7 Å². The van der Waals surface area contributed by atoms with Gasteiger partial charge in [0.2, 0.25) is 0 Å². The number of alkyl halides is 3. The summed E-state index contributed by atoms with van der Waals surface area (Å²) in [6.45, 7) is 3.00. The van der Waals surface area contributed by atoms with Crippen LogP contribution in [0.3, 0.4) is 0 Å². The van der Waals surface area contributed by atoms with Gasteiger partial charge in [0.1, 0.15) is 5.69 Å². The Hall–Kier alpha value is -3.91. The molecule has 2 amide bonds. The van der Waals surface area contributed by atoms with Crippen molar-refractivity contribution in [3.63, 3.8) is 0 Å². The molecule has 6 rings (SSSR count). The zero-order chi connectivity index (χ0) is 32.6. The Morgan fingerprint density at radius 2 is 1.78 bits per heavy atom. The normalized spacial score (nSPS) is 20.9. The third kappa shape index (κ3) is 5.37. The van der Waals surface area contributed by atoms with Crippen molar-refractivity contribution in [3.05, 3.63) is 81.1 Å². The molecule has 15 heteroatoms. The highest BCUT2D eigenvalue weighted by molar-refractivity contribution is 7.92. The number of hydrogen-bond acceptors (Lipinski definition) is 6. The summed E-state index contributed by atoms with van der Waals surface area (Å²) in [5.74, 6) is -2.47. The Kier molecular flexibility index (Phi) is 7.51. The molecule has 0 spiro atoms. The molecule has 1 fully saturated rings. The minimum Gasteiger partial charge on any atom is -0.480 e. The van der Waals surface area contributed by atoms with Crippen molar-refractivity contribution in [1.29, 1.82) is 0 Å². The Balaban J connectivity index is 1.32. The summed E-state index contributed by atoms with van der Waals surface area (Å²) in [5.41, 5.74) is -0.0495. The van der Waals surface area contributed by atoms with E-state index in [4.69, 9.17) is 11.6 Å². The highest BCUT2D eigenvalue weighted by Gasteiger charge is 2.44. The number of fused-ring (bicyclic) bond motifs is 3. The first-order valence-electron chi connectivity index (χ1n) is 14.2. The van der Waals surface area contributed by atoms with Gasteiger partial charge in [-0.25, -0.2) is 17.9 Å². The van der Waals surface area contributed by atoms with Gasteiger partial charge in [-0.15, -0.1) is 0 Å². The smallest absolute Gasteiger partial charge is 0.417 e. The van der Waals surface area contributed by atoms with E-state index < -0.39 is 62.5 Å². The van der Waals surface area contributed by atoms with E-state index in [-0.39, 0.29) is 40.9 Å². The molecule has 1 unspecified atom stereocenters. The van der Waals surface area contributed by atoms with Gasteiger partial charge in [-0.3, -0.25) is 9.59 Å². The molecule has 238 valence electrons. The van der Waals surface area contributed by atoms with E-state index >= 15 is 0 Å². The average molecular weight is 665 g/mol. The maximum absolute atomic E-state index is 14.0. The Morgan fingerprint density at radius 1 is 1.11 bits per heavy atom. The second kappa shape index (κ2) is 10.9. The molecule has 10 nitrogen and oxygen atoms in total. The van der Waals surface area contributed by atoms with Gasteiger partial charge < -0.3 is 14.9 Å². The van der Waals surface area contributed by atoms with Gasteiger partial charge in [0.05, 0.1) is 45.6 Å². The molecule has 3 heterocycles. The number of amides is 2. The van der Waals surface area contributed by atoms with Gasteiger partial charge in [-0.05, 0) is 62.6 Å². The molecule has 1 aromatic heterocycles. The molecule has 2 aromatic carbocycles. The van der Waals surface area contributed by atoms with Crippen LogP contribution in [-0.4, -0.2) is 68.7 Å². The standard InChI is InChI=1S/C30H28ClF3N4O6S/c1-15-11-24-21(13-36(15)27(39)18-5-10-23(31)22(12-18)30(32,33)34)26-28(40)37(14-25(29(41)42)38(26)35-24)16(2)17-3-6-19(7-4-17)45(43,44)20-8-9-20/h3-7,10,12,15-16,20,25H,8-9,11,13-14H2,1-2H3,(H,41,42)/t15-,16?,25+/m1/s1. The molecule has 2 aliphatic heterocycles. The summed E-state index contributed by atoms with van der Waals surface area (Å²) < 4.78 is 66.9. The van der Waals surface area contributed by atoms with Gasteiger partial charge in [0, 0.05) is 23.6 Å². The fourth-order valence-electron chi connectivity index (χ4n) is 6.01. The van der Waals surface area contributed by atoms with Crippen molar-refractivity contribution in [2.75, 3.05) is 6.54 Å². The van der Waals surface area contributed by atoms with Crippen molar-refractivity contribution in [2.24, 2.45) is 0 Å². The van der Waals surface area contributed by atoms with Crippen LogP contribution >= 0.6 is 11.6 Å². The summed E-state index contributed by atoms with van der Waals surface area (Å²) in [7, 11) is -3.42. The van der Waals surface area contributed by atoms with E-state index in [0.717, 1.165) is 10.7 Å². The lowest BCUT2D eigenvalue weighted by atomic mass is 9.96. The van der Waals surface area contributed by atoms with Crippen LogP contribution in [-0.2, 0) is 33.8 Å². The number of carboxylic acid groups (broad SMARTS) is 1. The Bertz CT molecular complexity index is 1840. The summed E-state index contributed by atoms with van der Waals surface area (Å²) in [6, 6.07) is 6.67. The minimum atomic E-state index is -4.77. The quantitative estimate of drug-likeness (QED) is 0.396. The number of sulfone groups is 1. The van der Waals surface area contributed by atoms with E-state index in [1.807, 2.05) is 0 Å². The zero-order valence-corrected chi connectivity index (χ0v) is 25.7. The monoisotopic (exact) mass is 664 g/mol. The largest absolute Gasteiger partial charge is 0.480 e. The highest BCUT2D eigenvalue weighted by Crippen LogP contribution is 2.39. The summed E-state index contributed by atoms with van der Waals surface area (Å²) in [6.07, 6.45) is -3.39. The molecule has 3 atom stereocenters. The van der Waals surface area contributed by atoms with Crippen LogP contribution in [0.5, 0.6) is 0 Å². The highest BCUT2D eigenvalue weighted by atomic mass is 35.5. The summed E-state index contributed by atoms with van der Waals surface area (Å²) in [4.78, 5) is 42.8. The number of benzene rings is 2. The van der Waals surface area contributed by atoms with Crippen LogP contribution < -0.4 is 0 Å². The summed E-state index contributed by atoms with van der Waals surface area (Å²) in [5, 5.41) is 13.6. The predicted octanol–water partition coefficient (Wildman–Crippen LogP) is 4.92. The van der Waals surface area contributed by atoms with Crippen molar-refractivity contribution in [1.82, 2.24) is 19.6 Å². The number of aliphatic carboxylic acids is 1. The van der Waals surface area contributed by atoms with Crippen LogP contribution in [0.25, 0.3) is 0 Å². The first-order valence-corrected chi connectivity index (χ1v) is 16.2.